The predicted octanol–water partition coefficient (Wildman–Crippen LogP) is 3.22. The summed E-state index contributed by atoms with van der Waals surface area (Å²) < 4.78 is 0. The average Bonchev–Trinajstić information content (AvgIpc) is 1.92. The molecule has 3 rings (SSSR count). The third-order valence-electron chi connectivity index (χ3n) is 2.95. The van der Waals surface area contributed by atoms with Crippen molar-refractivity contribution < 1.29 is 0 Å². The fourth-order valence-corrected chi connectivity index (χ4v) is 2.28. The monoisotopic (exact) mass is 126 g/mol. The van der Waals surface area contributed by atoms with Gasteiger partial charge in [-0.15, -0.1) is 0 Å². The second-order valence-electron chi connectivity index (χ2n) is 3.46. The molecule has 0 radical (unpaired) electrons. The first kappa shape index (κ1) is 7.11. The maximum atomic E-state index is 1.56. The van der Waals surface area contributed by atoms with Crippen LogP contribution in [0.5, 0.6) is 0 Å². The molecule has 2 bridgehead atoms. The molecule has 0 aromatic rings. The lowest BCUT2D eigenvalue weighted by atomic mass is 9.71. The van der Waals surface area contributed by atoms with Crippen molar-refractivity contribution in [2.45, 2.75) is 46.0 Å². The molecule has 0 nitrogen and oxygen atoms in total. The summed E-state index contributed by atoms with van der Waals surface area (Å²) in [7, 11) is 0. The summed E-state index contributed by atoms with van der Waals surface area (Å²) >= 11 is 0. The van der Waals surface area contributed by atoms with Crippen LogP contribution in [0.15, 0.2) is 0 Å². The first-order chi connectivity index (χ1) is 3.95. The zero-order valence-corrected chi connectivity index (χ0v) is 5.40. The Bertz CT molecular complexity index is 55.0. The lowest BCUT2D eigenvalue weighted by Gasteiger charge is -2.35. The van der Waals surface area contributed by atoms with E-state index in [2.05, 4.69) is 0 Å². The molecule has 0 heterocycles. The number of fused-ring (bicyclic) bond motifs is 3. The van der Waals surface area contributed by atoms with E-state index in [-0.39, 0.29) is 7.43 Å². The van der Waals surface area contributed by atoms with Crippen molar-refractivity contribution in [1.29, 1.82) is 0 Å². The van der Waals surface area contributed by atoms with Gasteiger partial charge in [0.2, 0.25) is 0 Å². The van der Waals surface area contributed by atoms with Crippen molar-refractivity contribution in [1.82, 2.24) is 0 Å². The molecule has 0 amide bonds. The van der Waals surface area contributed by atoms with Crippen molar-refractivity contribution in [3.8, 4) is 0 Å². The van der Waals surface area contributed by atoms with Gasteiger partial charge in [0, 0.05) is 0 Å². The lowest BCUT2D eigenvalue weighted by Crippen LogP contribution is -2.21. The zero-order valence-electron chi connectivity index (χ0n) is 5.40. The zero-order chi connectivity index (χ0) is 5.40. The van der Waals surface area contributed by atoms with E-state index in [0.717, 1.165) is 11.8 Å². The average molecular weight is 126 g/mol. The highest BCUT2D eigenvalue weighted by molar-refractivity contribution is 4.79. The van der Waals surface area contributed by atoms with Crippen LogP contribution in [-0.2, 0) is 0 Å². The highest BCUT2D eigenvalue weighted by Gasteiger charge is 2.26. The van der Waals surface area contributed by atoms with Crippen LogP contribution in [0.1, 0.15) is 46.0 Å². The predicted molar refractivity (Wildman–Crippen MR) is 41.4 cm³/mol. The molecule has 0 heteroatoms. The smallest absolute Gasteiger partial charge is 0.0414 e. The number of hydrogen-bond acceptors (Lipinski definition) is 0. The lowest BCUT2D eigenvalue weighted by molar-refractivity contribution is 0.176. The van der Waals surface area contributed by atoms with Crippen LogP contribution < -0.4 is 0 Å². The van der Waals surface area contributed by atoms with Crippen LogP contribution in [-0.4, -0.2) is 0 Å². The SMILES string of the molecule is C.C1CC2CCC1CC2. The molecule has 0 aromatic carbocycles. The summed E-state index contributed by atoms with van der Waals surface area (Å²) in [5.74, 6) is 2.31. The fraction of sp³-hybridized carbons (Fsp3) is 1.00. The molecule has 0 aliphatic heterocycles. The van der Waals surface area contributed by atoms with Crippen LogP contribution in [0.4, 0.5) is 0 Å². The van der Waals surface area contributed by atoms with Crippen LogP contribution in [0.3, 0.4) is 0 Å². The van der Waals surface area contributed by atoms with Gasteiger partial charge in [-0.25, -0.2) is 0 Å². The highest BCUT2D eigenvalue weighted by atomic mass is 14.3. The molecule has 3 fully saturated rings. The van der Waals surface area contributed by atoms with E-state index in [9.17, 15) is 0 Å². The van der Waals surface area contributed by atoms with Crippen molar-refractivity contribution in [3.63, 3.8) is 0 Å². The second-order valence-corrected chi connectivity index (χ2v) is 3.46. The maximum absolute atomic E-state index is 1.56. The van der Waals surface area contributed by atoms with E-state index in [1.807, 2.05) is 0 Å². The van der Waals surface area contributed by atoms with E-state index in [1.54, 1.807) is 38.5 Å². The quantitative estimate of drug-likeness (QED) is 0.467. The van der Waals surface area contributed by atoms with Gasteiger partial charge in [-0.1, -0.05) is 46.0 Å². The van der Waals surface area contributed by atoms with E-state index in [1.165, 1.54) is 0 Å². The molecule has 3 saturated carbocycles. The van der Waals surface area contributed by atoms with Crippen LogP contribution in [0, 0.1) is 11.8 Å². The summed E-state index contributed by atoms with van der Waals surface area (Å²) in [6.07, 6.45) is 9.36. The molecule has 0 unspecified atom stereocenters. The Kier molecular flexibility index (Phi) is 2.15. The Morgan fingerprint density at radius 1 is 0.556 bits per heavy atom. The van der Waals surface area contributed by atoms with E-state index in [0.29, 0.717) is 0 Å². The van der Waals surface area contributed by atoms with E-state index >= 15 is 0 Å². The van der Waals surface area contributed by atoms with Gasteiger partial charge in [-0.2, -0.15) is 0 Å². The topological polar surface area (TPSA) is 0 Å². The van der Waals surface area contributed by atoms with Gasteiger partial charge >= 0.3 is 0 Å². The van der Waals surface area contributed by atoms with Crippen molar-refractivity contribution in [2.24, 2.45) is 11.8 Å². The van der Waals surface area contributed by atoms with Gasteiger partial charge in [0.15, 0.2) is 0 Å². The fourth-order valence-electron chi connectivity index (χ4n) is 2.28. The maximum Gasteiger partial charge on any atom is -0.0414 e. The van der Waals surface area contributed by atoms with Gasteiger partial charge in [0.25, 0.3) is 0 Å². The molecule has 9 heavy (non-hydrogen) atoms. The molecule has 0 atom stereocenters. The summed E-state index contributed by atoms with van der Waals surface area (Å²) in [5.41, 5.74) is 0. The minimum Gasteiger partial charge on any atom is -0.0776 e. The van der Waals surface area contributed by atoms with E-state index < -0.39 is 0 Å². The number of rotatable bonds is 0. The van der Waals surface area contributed by atoms with E-state index in [4.69, 9.17) is 0 Å². The van der Waals surface area contributed by atoms with Gasteiger partial charge in [-0.05, 0) is 11.8 Å². The van der Waals surface area contributed by atoms with Crippen LogP contribution in [0.25, 0.3) is 0 Å². The Hall–Kier alpha value is 0. The molecule has 0 aromatic heterocycles. The standard InChI is InChI=1S/C8H14.CH4/c1-2-8-5-3-7(1)4-6-8;/h7-8H,1-6H2;1H4. The summed E-state index contributed by atoms with van der Waals surface area (Å²) in [6, 6.07) is 0. The van der Waals surface area contributed by atoms with Gasteiger partial charge < -0.3 is 0 Å². The highest BCUT2D eigenvalue weighted by Crippen LogP contribution is 2.40. The number of hydrogen-bond donors (Lipinski definition) is 0. The molecular formula is C9H18. The van der Waals surface area contributed by atoms with Crippen LogP contribution >= 0.6 is 0 Å². The van der Waals surface area contributed by atoms with Gasteiger partial charge in [0.1, 0.15) is 0 Å². The van der Waals surface area contributed by atoms with Crippen molar-refractivity contribution >= 4 is 0 Å². The summed E-state index contributed by atoms with van der Waals surface area (Å²) in [6.45, 7) is 0. The minimum absolute atomic E-state index is 0. The second kappa shape index (κ2) is 2.72. The molecule has 0 N–H and O–H groups in total. The minimum atomic E-state index is 0. The van der Waals surface area contributed by atoms with Crippen molar-refractivity contribution in [2.75, 3.05) is 0 Å². The largest absolute Gasteiger partial charge is 0.0776 e. The van der Waals surface area contributed by atoms with Gasteiger partial charge in [-0.3, -0.25) is 0 Å². The Morgan fingerprint density at radius 3 is 0.889 bits per heavy atom. The summed E-state index contributed by atoms with van der Waals surface area (Å²) in [5, 5.41) is 0. The molecule has 54 valence electrons. The molecular weight excluding hydrogens is 108 g/mol. The Balaban J connectivity index is 0.000000405. The molecule has 3 aliphatic carbocycles. The van der Waals surface area contributed by atoms with Gasteiger partial charge in [0.05, 0.1) is 0 Å². The third-order valence-corrected chi connectivity index (χ3v) is 2.95. The molecule has 0 saturated heterocycles. The Morgan fingerprint density at radius 2 is 0.778 bits per heavy atom. The molecule has 3 aliphatic rings. The van der Waals surface area contributed by atoms with Crippen molar-refractivity contribution in [3.05, 3.63) is 0 Å². The molecule has 0 spiro atoms. The third kappa shape index (κ3) is 1.28. The first-order valence-electron chi connectivity index (χ1n) is 3.95. The Labute approximate surface area is 58.7 Å². The summed E-state index contributed by atoms with van der Waals surface area (Å²) in [4.78, 5) is 0. The normalized spacial score (nSPS) is 40.0. The van der Waals surface area contributed by atoms with Crippen LogP contribution in [0.2, 0.25) is 0 Å². The first-order valence-corrected chi connectivity index (χ1v) is 3.95.